The number of aromatic nitrogens is 3. The number of carbonyl (C=O) groups excluding carboxylic acids is 1. The van der Waals surface area contributed by atoms with Gasteiger partial charge in [-0.25, -0.2) is 4.98 Å². The first kappa shape index (κ1) is 18.7. The number of fused-ring (bicyclic) bond motifs is 1. The number of nitrogens with zero attached hydrogens (tertiary/aromatic N) is 3. The molecule has 7 heteroatoms. The third-order valence-corrected chi connectivity index (χ3v) is 6.58. The Morgan fingerprint density at radius 2 is 1.93 bits per heavy atom. The van der Waals surface area contributed by atoms with E-state index in [1.165, 1.54) is 27.7 Å². The molecule has 5 nitrogen and oxygen atoms in total. The minimum absolute atomic E-state index is 0.0285. The van der Waals surface area contributed by atoms with E-state index in [2.05, 4.69) is 9.55 Å². The van der Waals surface area contributed by atoms with E-state index in [1.807, 2.05) is 55.6 Å². The fourth-order valence-electron chi connectivity index (χ4n) is 3.34. The van der Waals surface area contributed by atoms with Gasteiger partial charge in [-0.15, -0.1) is 11.3 Å². The van der Waals surface area contributed by atoms with Crippen molar-refractivity contribution in [2.24, 2.45) is 7.05 Å². The monoisotopic (exact) mass is 409 g/mol. The highest BCUT2D eigenvalue weighted by atomic mass is 32.2. The van der Waals surface area contributed by atoms with Gasteiger partial charge >= 0.3 is 0 Å². The molecule has 0 bridgehead atoms. The molecule has 0 spiro atoms. The Balaban J connectivity index is 1.60. The number of aryl methyl sites for hydroxylation is 1. The molecule has 1 aromatic carbocycles. The number of rotatable bonds is 5. The maximum Gasteiger partial charge on any atom is 0.262 e. The number of benzene rings is 1. The van der Waals surface area contributed by atoms with Gasteiger partial charge in [-0.1, -0.05) is 30.0 Å². The Morgan fingerprint density at radius 3 is 2.68 bits per heavy atom. The van der Waals surface area contributed by atoms with Gasteiger partial charge in [0.25, 0.3) is 5.56 Å². The number of hydrogen-bond acceptors (Lipinski definition) is 5. The smallest absolute Gasteiger partial charge is 0.262 e. The van der Waals surface area contributed by atoms with Gasteiger partial charge in [-0.2, -0.15) is 0 Å². The van der Waals surface area contributed by atoms with Gasteiger partial charge < -0.3 is 4.57 Å². The number of carbonyl (C=O) groups is 1. The van der Waals surface area contributed by atoms with Gasteiger partial charge in [0.05, 0.1) is 11.1 Å². The molecule has 0 amide bonds. The molecule has 0 unspecified atom stereocenters. The minimum Gasteiger partial charge on any atom is -0.318 e. The van der Waals surface area contributed by atoms with Crippen molar-refractivity contribution in [1.29, 1.82) is 0 Å². The molecule has 3 heterocycles. The predicted molar refractivity (Wildman–Crippen MR) is 115 cm³/mol. The second-order valence-electron chi connectivity index (χ2n) is 6.57. The molecular formula is C21H19N3O2S2. The lowest BCUT2D eigenvalue weighted by molar-refractivity contribution is 0.102. The van der Waals surface area contributed by atoms with Crippen molar-refractivity contribution in [3.05, 3.63) is 75.1 Å². The van der Waals surface area contributed by atoms with Crippen LogP contribution in [-0.2, 0) is 7.05 Å². The Hall–Kier alpha value is -2.64. The molecule has 0 saturated carbocycles. The van der Waals surface area contributed by atoms with Crippen molar-refractivity contribution in [1.82, 2.24) is 14.1 Å². The highest BCUT2D eigenvalue weighted by molar-refractivity contribution is 7.99. The van der Waals surface area contributed by atoms with E-state index in [-0.39, 0.29) is 17.1 Å². The molecule has 0 aliphatic carbocycles. The van der Waals surface area contributed by atoms with E-state index in [0.717, 1.165) is 17.1 Å². The van der Waals surface area contributed by atoms with Crippen LogP contribution in [0.25, 0.3) is 15.9 Å². The lowest BCUT2D eigenvalue weighted by atomic mass is 10.2. The minimum atomic E-state index is -0.0801. The number of Topliss-reactive ketones (excluding diaryl/α,β-unsaturated/α-hetero) is 1. The molecule has 0 radical (unpaired) electrons. The van der Waals surface area contributed by atoms with Crippen LogP contribution in [0, 0.1) is 13.8 Å². The summed E-state index contributed by atoms with van der Waals surface area (Å²) in [6.07, 6.45) is 0. The van der Waals surface area contributed by atoms with Gasteiger partial charge in [0.2, 0.25) is 0 Å². The molecule has 0 aliphatic heterocycles. The van der Waals surface area contributed by atoms with Gasteiger partial charge in [-0.05, 0) is 43.5 Å². The zero-order valence-corrected chi connectivity index (χ0v) is 17.4. The summed E-state index contributed by atoms with van der Waals surface area (Å²) in [4.78, 5) is 30.6. The Bertz CT molecular complexity index is 1240. The quantitative estimate of drug-likeness (QED) is 0.279. The molecule has 28 heavy (non-hydrogen) atoms. The predicted octanol–water partition coefficient (Wildman–Crippen LogP) is 4.38. The van der Waals surface area contributed by atoms with E-state index < -0.39 is 0 Å². The number of thioether (sulfide) groups is 1. The number of thiophene rings is 1. The van der Waals surface area contributed by atoms with Crippen molar-refractivity contribution >= 4 is 39.1 Å². The van der Waals surface area contributed by atoms with Gasteiger partial charge in [0.1, 0.15) is 4.83 Å². The number of para-hydroxylation sites is 1. The summed E-state index contributed by atoms with van der Waals surface area (Å²) in [5.41, 5.74) is 3.60. The molecule has 4 aromatic rings. The number of hydrogen-bond donors (Lipinski definition) is 0. The molecule has 0 aliphatic rings. The second kappa shape index (κ2) is 7.41. The normalized spacial score (nSPS) is 11.2. The highest BCUT2D eigenvalue weighted by Gasteiger charge is 2.18. The lowest BCUT2D eigenvalue weighted by Crippen LogP contribution is -2.19. The van der Waals surface area contributed by atoms with Crippen molar-refractivity contribution < 1.29 is 4.79 Å². The molecule has 4 rings (SSSR count). The van der Waals surface area contributed by atoms with Crippen LogP contribution in [0.2, 0.25) is 0 Å². The molecular weight excluding hydrogens is 390 g/mol. The molecule has 0 N–H and O–H groups in total. The van der Waals surface area contributed by atoms with Crippen LogP contribution in [0.5, 0.6) is 0 Å². The average Bonchev–Trinajstić information content (AvgIpc) is 3.28. The van der Waals surface area contributed by atoms with Crippen LogP contribution >= 0.6 is 23.1 Å². The van der Waals surface area contributed by atoms with Crippen LogP contribution in [0.3, 0.4) is 0 Å². The van der Waals surface area contributed by atoms with Crippen LogP contribution in [0.15, 0.2) is 57.8 Å². The van der Waals surface area contributed by atoms with E-state index in [1.54, 1.807) is 13.1 Å². The van der Waals surface area contributed by atoms with E-state index >= 15 is 0 Å². The third kappa shape index (κ3) is 3.21. The zero-order chi connectivity index (χ0) is 19.8. The largest absolute Gasteiger partial charge is 0.318 e. The maximum atomic E-state index is 12.9. The SMILES string of the molecule is Cc1cc(C(=O)CSc2nc3sccc3c(=O)n2C)c(C)n1-c1ccccc1. The standard InChI is InChI=1S/C21H19N3O2S2/c1-13-11-17(14(2)24(13)15-7-5-4-6-8-15)18(25)12-28-21-22-19-16(9-10-27-19)20(26)23(21)3/h4-11H,12H2,1-3H3. The molecule has 142 valence electrons. The summed E-state index contributed by atoms with van der Waals surface area (Å²) in [6, 6.07) is 13.7. The van der Waals surface area contributed by atoms with E-state index in [4.69, 9.17) is 0 Å². The Morgan fingerprint density at radius 1 is 1.18 bits per heavy atom. The van der Waals surface area contributed by atoms with E-state index in [0.29, 0.717) is 20.9 Å². The first-order valence-corrected chi connectivity index (χ1v) is 10.7. The van der Waals surface area contributed by atoms with E-state index in [9.17, 15) is 9.59 Å². The molecule has 0 saturated heterocycles. The first-order valence-electron chi connectivity index (χ1n) is 8.82. The van der Waals surface area contributed by atoms with Crippen molar-refractivity contribution in [3.63, 3.8) is 0 Å². The summed E-state index contributed by atoms with van der Waals surface area (Å²) < 4.78 is 3.60. The van der Waals surface area contributed by atoms with Crippen molar-refractivity contribution in [2.45, 2.75) is 19.0 Å². The molecule has 0 atom stereocenters. The summed E-state index contributed by atoms with van der Waals surface area (Å²) in [6.45, 7) is 3.96. The summed E-state index contributed by atoms with van der Waals surface area (Å²) in [5.74, 6) is 0.261. The Labute approximate surface area is 170 Å². The van der Waals surface area contributed by atoms with Gasteiger partial charge in [0.15, 0.2) is 10.9 Å². The second-order valence-corrected chi connectivity index (χ2v) is 8.40. The van der Waals surface area contributed by atoms with Crippen LogP contribution < -0.4 is 5.56 Å². The van der Waals surface area contributed by atoms with Crippen LogP contribution in [0.1, 0.15) is 21.7 Å². The number of ketones is 1. The third-order valence-electron chi connectivity index (χ3n) is 4.74. The first-order chi connectivity index (χ1) is 13.5. The Kier molecular flexibility index (Phi) is 4.95. The molecule has 0 fully saturated rings. The highest BCUT2D eigenvalue weighted by Crippen LogP contribution is 2.25. The van der Waals surface area contributed by atoms with Crippen LogP contribution in [-0.4, -0.2) is 25.7 Å². The van der Waals surface area contributed by atoms with Gasteiger partial charge in [-0.3, -0.25) is 14.2 Å². The average molecular weight is 410 g/mol. The van der Waals surface area contributed by atoms with Crippen LogP contribution in [0.4, 0.5) is 0 Å². The lowest BCUT2D eigenvalue weighted by Gasteiger charge is -2.10. The zero-order valence-electron chi connectivity index (χ0n) is 15.8. The topological polar surface area (TPSA) is 56.9 Å². The van der Waals surface area contributed by atoms with Crippen molar-refractivity contribution in [3.8, 4) is 5.69 Å². The summed E-state index contributed by atoms with van der Waals surface area (Å²) in [7, 11) is 1.69. The summed E-state index contributed by atoms with van der Waals surface area (Å²) in [5, 5.41) is 3.04. The van der Waals surface area contributed by atoms with Gasteiger partial charge in [0, 0.05) is 29.7 Å². The maximum absolute atomic E-state index is 12.9. The fraction of sp³-hybridized carbons (Fsp3) is 0.190. The summed E-state index contributed by atoms with van der Waals surface area (Å²) >= 11 is 2.74. The van der Waals surface area contributed by atoms with Crippen molar-refractivity contribution in [2.75, 3.05) is 5.75 Å². The fourth-order valence-corrected chi connectivity index (χ4v) is 5.00. The molecule has 3 aromatic heterocycles.